The van der Waals surface area contributed by atoms with Crippen molar-refractivity contribution in [3.05, 3.63) is 28.4 Å². The monoisotopic (exact) mass is 180 g/mol. The minimum atomic E-state index is 0. The van der Waals surface area contributed by atoms with E-state index in [1.807, 2.05) is 0 Å². The molecule has 52 valence electrons. The van der Waals surface area contributed by atoms with Crippen molar-refractivity contribution in [3.63, 3.8) is 0 Å². The van der Waals surface area contributed by atoms with Gasteiger partial charge in [-0.2, -0.15) is 0 Å². The van der Waals surface area contributed by atoms with E-state index >= 15 is 0 Å². The van der Waals surface area contributed by atoms with Crippen molar-refractivity contribution in [1.82, 2.24) is 4.98 Å². The normalized spacial score (nSPS) is 8.09. The Morgan fingerprint density at radius 1 is 1.64 bits per heavy atom. The molecule has 4 nitrogen and oxygen atoms in total. The summed E-state index contributed by atoms with van der Waals surface area (Å²) in [5.74, 6) is 0. The first-order chi connectivity index (χ1) is 4.84. The zero-order valence-corrected chi connectivity index (χ0v) is 8.67. The van der Waals surface area contributed by atoms with Crippen molar-refractivity contribution < 1.29 is 29.6 Å². The van der Waals surface area contributed by atoms with Gasteiger partial charge in [0.1, 0.15) is 0 Å². The molecule has 1 rings (SSSR count). The van der Waals surface area contributed by atoms with Gasteiger partial charge in [-0.3, -0.25) is 0 Å². The Balaban J connectivity index is 0.000001000. The molecule has 0 spiro atoms. The van der Waals surface area contributed by atoms with E-state index in [0.29, 0.717) is 5.69 Å². The first kappa shape index (κ1) is 10.8. The molecule has 0 aliphatic rings. The number of rotatable bonds is 2. The summed E-state index contributed by atoms with van der Waals surface area (Å²) in [7, 11) is 0. The van der Waals surface area contributed by atoms with Crippen LogP contribution in [0.4, 0.5) is 5.69 Å². The molecule has 0 aliphatic heterocycles. The van der Waals surface area contributed by atoms with Gasteiger partial charge in [-0.1, -0.05) is 11.6 Å². The fourth-order valence-electron chi connectivity index (χ4n) is 0.519. The summed E-state index contributed by atoms with van der Waals surface area (Å²) in [5, 5.41) is 2.68. The van der Waals surface area contributed by atoms with Crippen molar-refractivity contribution >= 4 is 17.3 Å². The van der Waals surface area contributed by atoms with E-state index < -0.39 is 0 Å². The molecule has 0 amide bonds. The molecule has 1 heterocycles. The summed E-state index contributed by atoms with van der Waals surface area (Å²) < 4.78 is 0. The van der Waals surface area contributed by atoms with E-state index in [1.165, 1.54) is 6.20 Å². The van der Waals surface area contributed by atoms with Crippen LogP contribution in [-0.4, -0.2) is 4.98 Å². The Hall–Kier alpha value is -0.160. The summed E-state index contributed by atoms with van der Waals surface area (Å²) in [4.78, 5) is 13.4. The third-order valence-electron chi connectivity index (χ3n) is 0.925. The summed E-state index contributed by atoms with van der Waals surface area (Å²) in [6.07, 6.45) is 1.53. The van der Waals surface area contributed by atoms with Crippen LogP contribution in [0.3, 0.4) is 0 Å². The van der Waals surface area contributed by atoms with Gasteiger partial charge in [0, 0.05) is 6.20 Å². The van der Waals surface area contributed by atoms with Crippen LogP contribution in [0.15, 0.2) is 23.6 Å². The summed E-state index contributed by atoms with van der Waals surface area (Å²) in [5.41, 5.74) is 2.57. The number of nitrogens with zero attached hydrogens (tertiary/aromatic N) is 2. The molecule has 0 aromatic carbocycles. The molecule has 11 heavy (non-hydrogen) atoms. The third-order valence-corrected chi connectivity index (χ3v) is 1.23. The molecular weight excluding hydrogens is 177 g/mol. The SMILES string of the molecule is O=NNc1cccnc1Cl.[Na+]. The van der Waals surface area contributed by atoms with E-state index in [0.717, 1.165) is 0 Å². The number of pyridine rings is 1. The zero-order chi connectivity index (χ0) is 7.40. The second-order valence-corrected chi connectivity index (χ2v) is 1.90. The van der Waals surface area contributed by atoms with Crippen molar-refractivity contribution in [1.29, 1.82) is 0 Å². The van der Waals surface area contributed by atoms with Crippen LogP contribution in [0.1, 0.15) is 0 Å². The molecule has 0 aliphatic carbocycles. The Bertz CT molecular complexity index is 245. The first-order valence-electron chi connectivity index (χ1n) is 2.53. The molecule has 1 N–H and O–H groups in total. The standard InChI is InChI=1S/C5H4ClN3O.Na/c6-5-4(8-9-10)2-1-3-7-5;/h1-3H,(H,8,10);/q;+1. The molecule has 6 heteroatoms. The van der Waals surface area contributed by atoms with Crippen molar-refractivity contribution in [3.8, 4) is 0 Å². The second kappa shape index (κ2) is 5.49. The maximum atomic E-state index is 9.68. The fourth-order valence-corrected chi connectivity index (χ4v) is 0.680. The average molecular weight is 181 g/mol. The number of hydrogen-bond acceptors (Lipinski definition) is 3. The van der Waals surface area contributed by atoms with E-state index in [9.17, 15) is 4.91 Å². The summed E-state index contributed by atoms with van der Waals surface area (Å²) in [6, 6.07) is 3.26. The molecule has 1 aromatic rings. The molecule has 0 atom stereocenters. The van der Waals surface area contributed by atoms with Crippen LogP contribution in [-0.2, 0) is 0 Å². The van der Waals surface area contributed by atoms with Crippen LogP contribution in [0, 0.1) is 4.91 Å². The molecule has 0 fully saturated rings. The van der Waals surface area contributed by atoms with Crippen molar-refractivity contribution in [2.24, 2.45) is 5.29 Å². The van der Waals surface area contributed by atoms with Gasteiger partial charge in [0.05, 0.1) is 11.0 Å². The Kier molecular flexibility index (Phi) is 5.41. The number of aromatic nitrogens is 1. The maximum Gasteiger partial charge on any atom is 1.00 e. The minimum Gasteiger partial charge on any atom is -0.242 e. The van der Waals surface area contributed by atoms with Crippen LogP contribution >= 0.6 is 11.6 Å². The number of halogens is 1. The van der Waals surface area contributed by atoms with Crippen LogP contribution in [0.2, 0.25) is 5.15 Å². The third kappa shape index (κ3) is 3.16. The largest absolute Gasteiger partial charge is 1.00 e. The van der Waals surface area contributed by atoms with Gasteiger partial charge in [-0.05, 0) is 12.1 Å². The first-order valence-corrected chi connectivity index (χ1v) is 2.91. The van der Waals surface area contributed by atoms with Gasteiger partial charge in [-0.25, -0.2) is 10.4 Å². The molecular formula is C5H4ClN3NaO+. The fraction of sp³-hybridized carbons (Fsp3) is 0. The predicted octanol–water partition coefficient (Wildman–Crippen LogP) is -1.17. The van der Waals surface area contributed by atoms with E-state index in [4.69, 9.17) is 11.6 Å². The zero-order valence-electron chi connectivity index (χ0n) is 5.91. The van der Waals surface area contributed by atoms with Crippen LogP contribution < -0.4 is 35.0 Å². The van der Waals surface area contributed by atoms with Crippen molar-refractivity contribution in [2.45, 2.75) is 0 Å². The smallest absolute Gasteiger partial charge is 0.242 e. The Morgan fingerprint density at radius 2 is 2.36 bits per heavy atom. The van der Waals surface area contributed by atoms with Gasteiger partial charge >= 0.3 is 29.6 Å². The molecule has 0 bridgehead atoms. The Morgan fingerprint density at radius 3 is 2.91 bits per heavy atom. The van der Waals surface area contributed by atoms with Crippen molar-refractivity contribution in [2.75, 3.05) is 5.43 Å². The van der Waals surface area contributed by atoms with Crippen LogP contribution in [0.25, 0.3) is 0 Å². The summed E-state index contributed by atoms with van der Waals surface area (Å²) >= 11 is 5.53. The van der Waals surface area contributed by atoms with Gasteiger partial charge < -0.3 is 0 Å². The number of hydrogen-bond donors (Lipinski definition) is 1. The van der Waals surface area contributed by atoms with Gasteiger partial charge in [0.2, 0.25) is 0 Å². The average Bonchev–Trinajstić information content (AvgIpc) is 1.94. The van der Waals surface area contributed by atoms with E-state index in [2.05, 4.69) is 15.7 Å². The molecule has 0 saturated heterocycles. The van der Waals surface area contributed by atoms with E-state index in [-0.39, 0.29) is 34.7 Å². The minimum absolute atomic E-state index is 0. The number of anilines is 1. The quantitative estimate of drug-likeness (QED) is 0.270. The Labute approximate surface area is 90.6 Å². The molecule has 0 unspecified atom stereocenters. The second-order valence-electron chi connectivity index (χ2n) is 1.54. The van der Waals surface area contributed by atoms with Gasteiger partial charge in [-0.15, -0.1) is 4.91 Å². The maximum absolute atomic E-state index is 9.68. The van der Waals surface area contributed by atoms with Gasteiger partial charge in [0.25, 0.3) is 0 Å². The molecule has 1 aromatic heterocycles. The number of nitrogens with one attached hydrogen (secondary N) is 1. The topological polar surface area (TPSA) is 54.4 Å². The molecule has 0 saturated carbocycles. The summed E-state index contributed by atoms with van der Waals surface area (Å²) in [6.45, 7) is 0. The predicted molar refractivity (Wildman–Crippen MR) is 38.7 cm³/mol. The van der Waals surface area contributed by atoms with Crippen LogP contribution in [0.5, 0.6) is 0 Å². The molecule has 0 radical (unpaired) electrons. The van der Waals surface area contributed by atoms with E-state index in [1.54, 1.807) is 12.1 Å². The van der Waals surface area contributed by atoms with Gasteiger partial charge in [0.15, 0.2) is 5.15 Å². The number of nitroso groups, excluding NO2 is 1.